The van der Waals surface area contributed by atoms with E-state index < -0.39 is 11.9 Å². The van der Waals surface area contributed by atoms with Crippen LogP contribution in [0.3, 0.4) is 0 Å². The fourth-order valence-corrected chi connectivity index (χ4v) is 4.23. The monoisotopic (exact) mass is 438 g/mol. The standard InChI is InChI=1S/C25H42O6/c1-3-4-10-19(2)22(26)14-12-20-13-15-23(27)21(20)11-8-6-5-7-9-18-31-25(30)17-16-24(28)29/h6,8,19-22,26H,3-5,7,9-18H2,1-2H3,(H,28,29)/t19?,20-,21+,22+/m0/s1. The van der Waals surface area contributed by atoms with Gasteiger partial charge in [-0.25, -0.2) is 0 Å². The van der Waals surface area contributed by atoms with E-state index in [1.165, 1.54) is 0 Å². The van der Waals surface area contributed by atoms with Crippen molar-refractivity contribution in [3.63, 3.8) is 0 Å². The molecule has 0 heterocycles. The summed E-state index contributed by atoms with van der Waals surface area (Å²) in [6, 6.07) is 0. The number of ketones is 1. The van der Waals surface area contributed by atoms with Gasteiger partial charge in [-0.05, 0) is 63.2 Å². The van der Waals surface area contributed by atoms with E-state index in [-0.39, 0.29) is 24.9 Å². The Bertz CT molecular complexity index is 570. The number of esters is 1. The zero-order valence-corrected chi connectivity index (χ0v) is 19.4. The van der Waals surface area contributed by atoms with Gasteiger partial charge in [0.05, 0.1) is 25.6 Å². The number of carbonyl (C=O) groups excluding carboxylic acids is 2. The Morgan fingerprint density at radius 3 is 2.65 bits per heavy atom. The number of carbonyl (C=O) groups is 3. The SMILES string of the molecule is CCCCC(C)[C@H](O)CC[C@H]1CCC(=O)[C@@H]1CC=CCCCCOC(=O)CCC(=O)O. The van der Waals surface area contributed by atoms with Crippen LogP contribution in [0.25, 0.3) is 0 Å². The van der Waals surface area contributed by atoms with Crippen molar-refractivity contribution in [1.29, 1.82) is 0 Å². The van der Waals surface area contributed by atoms with Gasteiger partial charge in [-0.1, -0.05) is 38.8 Å². The van der Waals surface area contributed by atoms with Gasteiger partial charge in [0.2, 0.25) is 0 Å². The molecule has 0 radical (unpaired) electrons. The number of unbranched alkanes of at least 4 members (excludes halogenated alkanes) is 3. The van der Waals surface area contributed by atoms with Crippen LogP contribution >= 0.6 is 0 Å². The second-order valence-electron chi connectivity index (χ2n) is 8.95. The molecule has 1 fully saturated rings. The quantitative estimate of drug-likeness (QED) is 0.187. The summed E-state index contributed by atoms with van der Waals surface area (Å²) in [4.78, 5) is 34.0. The second-order valence-corrected chi connectivity index (χ2v) is 8.95. The molecular formula is C25H42O6. The Kier molecular flexibility index (Phi) is 14.1. The maximum atomic E-state index is 12.3. The van der Waals surface area contributed by atoms with Crippen molar-refractivity contribution in [3.8, 4) is 0 Å². The molecule has 0 bridgehead atoms. The van der Waals surface area contributed by atoms with Crippen LogP contribution in [0, 0.1) is 17.8 Å². The van der Waals surface area contributed by atoms with Gasteiger partial charge in [-0.3, -0.25) is 14.4 Å². The Morgan fingerprint density at radius 1 is 1.16 bits per heavy atom. The van der Waals surface area contributed by atoms with Gasteiger partial charge in [0.25, 0.3) is 0 Å². The van der Waals surface area contributed by atoms with E-state index in [9.17, 15) is 19.5 Å². The fraction of sp³-hybridized carbons (Fsp3) is 0.800. The average Bonchev–Trinajstić information content (AvgIpc) is 3.09. The second kappa shape index (κ2) is 16.0. The minimum atomic E-state index is -0.997. The highest BCUT2D eigenvalue weighted by molar-refractivity contribution is 5.83. The molecule has 1 aliphatic carbocycles. The summed E-state index contributed by atoms with van der Waals surface area (Å²) < 4.78 is 5.00. The number of ether oxygens (including phenoxy) is 1. The molecule has 0 aromatic heterocycles. The number of Topliss-reactive ketones (excluding diaryl/α,β-unsaturated/α-hetero) is 1. The van der Waals surface area contributed by atoms with Crippen molar-refractivity contribution in [3.05, 3.63) is 12.2 Å². The summed E-state index contributed by atoms with van der Waals surface area (Å²) in [6.45, 7) is 4.60. The van der Waals surface area contributed by atoms with Gasteiger partial charge < -0.3 is 14.9 Å². The first-order valence-corrected chi connectivity index (χ1v) is 12.1. The molecule has 1 aliphatic rings. The number of aliphatic hydroxyl groups is 1. The first kappa shape index (κ1) is 27.3. The van der Waals surface area contributed by atoms with Crippen LogP contribution in [0.4, 0.5) is 0 Å². The highest BCUT2D eigenvalue weighted by Crippen LogP contribution is 2.36. The van der Waals surface area contributed by atoms with E-state index in [1.807, 2.05) is 0 Å². The maximum absolute atomic E-state index is 12.3. The molecule has 0 saturated heterocycles. The third kappa shape index (κ3) is 12.1. The molecule has 0 aliphatic heterocycles. The lowest BCUT2D eigenvalue weighted by Crippen LogP contribution is -2.21. The number of allylic oxidation sites excluding steroid dienone is 2. The van der Waals surface area contributed by atoms with Crippen LogP contribution in [0.15, 0.2) is 12.2 Å². The largest absolute Gasteiger partial charge is 0.481 e. The zero-order valence-electron chi connectivity index (χ0n) is 19.4. The first-order chi connectivity index (χ1) is 14.8. The van der Waals surface area contributed by atoms with Crippen molar-refractivity contribution in [2.75, 3.05) is 6.61 Å². The lowest BCUT2D eigenvalue weighted by atomic mass is 9.85. The third-order valence-electron chi connectivity index (χ3n) is 6.38. The van der Waals surface area contributed by atoms with E-state index in [2.05, 4.69) is 26.0 Å². The topological polar surface area (TPSA) is 101 Å². The highest BCUT2D eigenvalue weighted by Gasteiger charge is 2.33. The molecular weight excluding hydrogens is 396 g/mol. The highest BCUT2D eigenvalue weighted by atomic mass is 16.5. The smallest absolute Gasteiger partial charge is 0.306 e. The molecule has 178 valence electrons. The summed E-state index contributed by atoms with van der Waals surface area (Å²) in [7, 11) is 0. The Balaban J connectivity index is 2.20. The van der Waals surface area contributed by atoms with Crippen molar-refractivity contribution in [2.24, 2.45) is 17.8 Å². The number of aliphatic carboxylic acids is 1. The third-order valence-corrected chi connectivity index (χ3v) is 6.38. The Morgan fingerprint density at radius 2 is 1.94 bits per heavy atom. The Hall–Kier alpha value is -1.69. The van der Waals surface area contributed by atoms with Gasteiger partial charge in [-0.2, -0.15) is 0 Å². The van der Waals surface area contributed by atoms with Crippen LogP contribution < -0.4 is 0 Å². The van der Waals surface area contributed by atoms with Crippen molar-refractivity contribution in [1.82, 2.24) is 0 Å². The van der Waals surface area contributed by atoms with E-state index >= 15 is 0 Å². The zero-order chi connectivity index (χ0) is 23.1. The van der Waals surface area contributed by atoms with Gasteiger partial charge in [0, 0.05) is 12.3 Å². The summed E-state index contributed by atoms with van der Waals surface area (Å²) >= 11 is 0. The molecule has 31 heavy (non-hydrogen) atoms. The van der Waals surface area contributed by atoms with Gasteiger partial charge in [-0.15, -0.1) is 0 Å². The van der Waals surface area contributed by atoms with Crippen LogP contribution in [0.2, 0.25) is 0 Å². The number of hydrogen-bond acceptors (Lipinski definition) is 5. The molecule has 0 aromatic carbocycles. The average molecular weight is 439 g/mol. The molecule has 1 saturated carbocycles. The summed E-state index contributed by atoms with van der Waals surface area (Å²) in [5.74, 6) is -0.306. The van der Waals surface area contributed by atoms with Crippen LogP contribution in [-0.4, -0.2) is 40.6 Å². The Labute approximate surface area is 187 Å². The first-order valence-electron chi connectivity index (χ1n) is 12.1. The predicted molar refractivity (Wildman–Crippen MR) is 121 cm³/mol. The van der Waals surface area contributed by atoms with E-state index in [1.54, 1.807) is 0 Å². The molecule has 1 rings (SSSR count). The van der Waals surface area contributed by atoms with Gasteiger partial charge >= 0.3 is 11.9 Å². The van der Waals surface area contributed by atoms with Crippen molar-refractivity contribution >= 4 is 17.7 Å². The minimum absolute atomic E-state index is 0.0828. The van der Waals surface area contributed by atoms with E-state index in [0.717, 1.165) is 64.2 Å². The minimum Gasteiger partial charge on any atom is -0.481 e. The summed E-state index contributed by atoms with van der Waals surface area (Å²) in [5, 5.41) is 18.9. The van der Waals surface area contributed by atoms with Crippen molar-refractivity contribution in [2.45, 2.75) is 103 Å². The summed E-state index contributed by atoms with van der Waals surface area (Å²) in [5.41, 5.74) is 0. The molecule has 0 aromatic rings. The van der Waals surface area contributed by atoms with Crippen molar-refractivity contribution < 1.29 is 29.3 Å². The van der Waals surface area contributed by atoms with Gasteiger partial charge in [0.1, 0.15) is 5.78 Å². The number of carboxylic acids is 1. The molecule has 6 nitrogen and oxygen atoms in total. The van der Waals surface area contributed by atoms with Gasteiger partial charge in [0.15, 0.2) is 0 Å². The van der Waals surface area contributed by atoms with E-state index in [4.69, 9.17) is 9.84 Å². The number of rotatable bonds is 17. The van der Waals surface area contributed by atoms with Crippen LogP contribution in [0.1, 0.15) is 97.3 Å². The maximum Gasteiger partial charge on any atom is 0.306 e. The van der Waals surface area contributed by atoms with Crippen LogP contribution in [-0.2, 0) is 19.1 Å². The molecule has 4 atom stereocenters. The lowest BCUT2D eigenvalue weighted by molar-refractivity contribution is -0.147. The normalized spacial score (nSPS) is 20.8. The summed E-state index contributed by atoms with van der Waals surface area (Å²) in [6.07, 6.45) is 13.6. The predicted octanol–water partition coefficient (Wildman–Crippen LogP) is 5.07. The lowest BCUT2D eigenvalue weighted by Gasteiger charge is -2.22. The number of carboxylic acid groups (broad SMARTS) is 1. The molecule has 0 spiro atoms. The number of hydrogen-bond donors (Lipinski definition) is 2. The molecule has 6 heteroatoms. The van der Waals surface area contributed by atoms with E-state index in [0.29, 0.717) is 30.6 Å². The molecule has 2 N–H and O–H groups in total. The molecule has 0 amide bonds. The fourth-order valence-electron chi connectivity index (χ4n) is 4.23. The number of aliphatic hydroxyl groups excluding tert-OH is 1. The van der Waals surface area contributed by atoms with Crippen LogP contribution in [0.5, 0.6) is 0 Å². The molecule has 1 unspecified atom stereocenters.